The summed E-state index contributed by atoms with van der Waals surface area (Å²) in [5.41, 5.74) is 1.17. The third-order valence-corrected chi connectivity index (χ3v) is 3.71. The summed E-state index contributed by atoms with van der Waals surface area (Å²) >= 11 is 0. The summed E-state index contributed by atoms with van der Waals surface area (Å²) in [6.45, 7) is 1.95. The Morgan fingerprint density at radius 2 is 1.97 bits per heavy atom. The number of nitrogens with zero attached hydrogens (tertiary/aromatic N) is 1. The van der Waals surface area contributed by atoms with Crippen molar-refractivity contribution in [2.75, 3.05) is 19.0 Å². The van der Waals surface area contributed by atoms with Crippen LogP contribution in [0.15, 0.2) is 72.8 Å². The first-order valence-corrected chi connectivity index (χ1v) is 8.86. The number of aromatic nitrogens is 1. The molecule has 1 heterocycles. The number of ether oxygens (including phenoxy) is 2. The van der Waals surface area contributed by atoms with Gasteiger partial charge in [0, 0.05) is 18.1 Å². The molecule has 2 N–H and O–H groups in total. The number of carbonyl (C=O) groups is 2. The molecule has 0 saturated heterocycles. The van der Waals surface area contributed by atoms with Crippen molar-refractivity contribution in [1.82, 2.24) is 10.3 Å². The first-order chi connectivity index (χ1) is 14.0. The molecule has 1 aromatic heterocycles. The Morgan fingerprint density at radius 1 is 1.21 bits per heavy atom. The molecular formula is C21H22FN3O4. The largest absolute Gasteiger partial charge is 0.465 e. The monoisotopic (exact) mass is 399 g/mol. The fraction of sp³-hybridized carbons (Fsp3) is 0.190. The predicted octanol–water partition coefficient (Wildman–Crippen LogP) is 3.10. The van der Waals surface area contributed by atoms with Gasteiger partial charge in [0.1, 0.15) is 17.4 Å². The molecule has 8 heteroatoms. The fourth-order valence-corrected chi connectivity index (χ4v) is 2.30. The van der Waals surface area contributed by atoms with Crippen LogP contribution in [0.4, 0.5) is 10.1 Å². The van der Waals surface area contributed by atoms with Gasteiger partial charge < -0.3 is 20.1 Å². The van der Waals surface area contributed by atoms with E-state index in [4.69, 9.17) is 9.47 Å². The second-order valence-electron chi connectivity index (χ2n) is 5.69. The van der Waals surface area contributed by atoms with Gasteiger partial charge in [-0.15, -0.1) is 0 Å². The van der Waals surface area contributed by atoms with Crippen LogP contribution in [0.1, 0.15) is 18.5 Å². The van der Waals surface area contributed by atoms with Crippen molar-refractivity contribution in [1.29, 1.82) is 0 Å². The van der Waals surface area contributed by atoms with Gasteiger partial charge in [-0.25, -0.2) is 9.18 Å². The highest BCUT2D eigenvalue weighted by Gasteiger charge is 2.20. The summed E-state index contributed by atoms with van der Waals surface area (Å²) in [6, 6.07) is 10.8. The average molecular weight is 399 g/mol. The highest BCUT2D eigenvalue weighted by atomic mass is 19.1. The fourth-order valence-electron chi connectivity index (χ4n) is 2.30. The summed E-state index contributed by atoms with van der Waals surface area (Å²) in [5, 5.41) is 5.65. The Balaban J connectivity index is 2.15. The summed E-state index contributed by atoms with van der Waals surface area (Å²) in [6.07, 6.45) is 5.93. The first kappa shape index (κ1) is 21.6. The van der Waals surface area contributed by atoms with Crippen LogP contribution in [-0.4, -0.2) is 30.6 Å². The van der Waals surface area contributed by atoms with E-state index in [1.165, 1.54) is 49.9 Å². The number of carbonyl (C=O) groups excluding carboxylic acids is 2. The highest BCUT2D eigenvalue weighted by Crippen LogP contribution is 2.16. The zero-order valence-electron chi connectivity index (χ0n) is 16.1. The van der Waals surface area contributed by atoms with Crippen molar-refractivity contribution in [2.24, 2.45) is 0 Å². The van der Waals surface area contributed by atoms with E-state index in [1.54, 1.807) is 31.3 Å². The summed E-state index contributed by atoms with van der Waals surface area (Å²) in [4.78, 5) is 28.4. The minimum absolute atomic E-state index is 0.0803. The number of esters is 2. The molecule has 0 spiro atoms. The third kappa shape index (κ3) is 6.76. The first-order valence-electron chi connectivity index (χ1n) is 8.86. The number of rotatable bonds is 9. The van der Waals surface area contributed by atoms with Crippen LogP contribution in [0.5, 0.6) is 0 Å². The van der Waals surface area contributed by atoms with Gasteiger partial charge in [-0.05, 0) is 55.6 Å². The van der Waals surface area contributed by atoms with Gasteiger partial charge in [0.15, 0.2) is 0 Å². The maximum Gasteiger partial charge on any atom is 0.355 e. The van der Waals surface area contributed by atoms with Gasteiger partial charge in [0.2, 0.25) is 0 Å². The van der Waals surface area contributed by atoms with Gasteiger partial charge in [-0.3, -0.25) is 9.78 Å². The number of pyridine rings is 1. The predicted molar refractivity (Wildman–Crippen MR) is 106 cm³/mol. The molecule has 0 aliphatic carbocycles. The molecule has 0 saturated carbocycles. The van der Waals surface area contributed by atoms with Crippen molar-refractivity contribution < 1.29 is 23.5 Å². The van der Waals surface area contributed by atoms with Gasteiger partial charge in [-0.2, -0.15) is 0 Å². The van der Waals surface area contributed by atoms with Crippen molar-refractivity contribution in [3.05, 3.63) is 84.3 Å². The van der Waals surface area contributed by atoms with Crippen LogP contribution < -0.4 is 10.6 Å². The zero-order valence-corrected chi connectivity index (χ0v) is 16.1. The molecule has 1 atom stereocenters. The number of hydrogen-bond donors (Lipinski definition) is 2. The summed E-state index contributed by atoms with van der Waals surface area (Å²) in [7, 11) is 1.24. The number of methoxy groups -OCH3 is 1. The molecule has 1 unspecified atom stereocenters. The van der Waals surface area contributed by atoms with Crippen LogP contribution in [-0.2, 0) is 19.1 Å². The lowest BCUT2D eigenvalue weighted by Gasteiger charge is -2.12. The molecular weight excluding hydrogens is 377 g/mol. The molecule has 7 nitrogen and oxygen atoms in total. The van der Waals surface area contributed by atoms with Crippen LogP contribution in [0.3, 0.4) is 0 Å². The van der Waals surface area contributed by atoms with Crippen LogP contribution in [0, 0.1) is 5.82 Å². The smallest absolute Gasteiger partial charge is 0.355 e. The minimum Gasteiger partial charge on any atom is -0.465 e. The van der Waals surface area contributed by atoms with E-state index in [0.717, 1.165) is 0 Å². The van der Waals surface area contributed by atoms with Gasteiger partial charge >= 0.3 is 11.9 Å². The molecule has 29 heavy (non-hydrogen) atoms. The van der Waals surface area contributed by atoms with E-state index in [2.05, 4.69) is 15.6 Å². The summed E-state index contributed by atoms with van der Waals surface area (Å²) in [5.74, 6) is -2.20. The second-order valence-corrected chi connectivity index (χ2v) is 5.69. The lowest BCUT2D eigenvalue weighted by Crippen LogP contribution is -2.20. The molecule has 0 aliphatic rings. The van der Waals surface area contributed by atoms with Crippen molar-refractivity contribution in [2.45, 2.75) is 12.8 Å². The van der Waals surface area contributed by atoms with E-state index in [9.17, 15) is 14.0 Å². The average Bonchev–Trinajstić information content (AvgIpc) is 2.74. The van der Waals surface area contributed by atoms with E-state index < -0.39 is 17.9 Å². The topological polar surface area (TPSA) is 89.6 Å². The quantitative estimate of drug-likeness (QED) is 0.495. The molecule has 0 radical (unpaired) electrons. The zero-order chi connectivity index (χ0) is 21.1. The normalized spacial score (nSPS) is 12.3. The highest BCUT2D eigenvalue weighted by molar-refractivity contribution is 5.88. The van der Waals surface area contributed by atoms with E-state index in [1.807, 2.05) is 0 Å². The number of hydrogen-bond acceptors (Lipinski definition) is 7. The second kappa shape index (κ2) is 11.2. The van der Waals surface area contributed by atoms with Crippen LogP contribution in [0.2, 0.25) is 0 Å². The molecule has 0 amide bonds. The van der Waals surface area contributed by atoms with Crippen LogP contribution >= 0.6 is 0 Å². The lowest BCUT2D eigenvalue weighted by atomic mass is 10.1. The molecule has 0 fully saturated rings. The van der Waals surface area contributed by atoms with Crippen LogP contribution in [0.25, 0.3) is 0 Å². The van der Waals surface area contributed by atoms with Gasteiger partial charge in [-0.1, -0.05) is 6.07 Å². The number of anilines is 1. The Morgan fingerprint density at radius 3 is 2.59 bits per heavy atom. The molecule has 2 rings (SSSR count). The Hall–Kier alpha value is -3.68. The van der Waals surface area contributed by atoms with E-state index >= 15 is 0 Å². The van der Waals surface area contributed by atoms with E-state index in [0.29, 0.717) is 11.4 Å². The third-order valence-electron chi connectivity index (χ3n) is 3.71. The Kier molecular flexibility index (Phi) is 8.37. The van der Waals surface area contributed by atoms with Crippen molar-refractivity contribution >= 4 is 17.6 Å². The maximum absolute atomic E-state index is 13.0. The lowest BCUT2D eigenvalue weighted by molar-refractivity contribution is -0.143. The Bertz CT molecular complexity index is 867. The summed E-state index contributed by atoms with van der Waals surface area (Å²) < 4.78 is 22.8. The van der Waals surface area contributed by atoms with E-state index in [-0.39, 0.29) is 18.1 Å². The maximum atomic E-state index is 13.0. The van der Waals surface area contributed by atoms with Gasteiger partial charge in [0.05, 0.1) is 19.4 Å². The molecule has 0 aliphatic heterocycles. The van der Waals surface area contributed by atoms with Crippen molar-refractivity contribution in [3.8, 4) is 0 Å². The SMILES string of the molecule is CCOC(=O)C(/C=C\N/C(=C\Nc1ccc(F)cc1)C(=O)OC)c1ccccn1. The van der Waals surface area contributed by atoms with Crippen molar-refractivity contribution in [3.63, 3.8) is 0 Å². The Labute approximate surface area is 168 Å². The molecule has 152 valence electrons. The molecule has 1 aromatic carbocycles. The molecule has 2 aromatic rings. The minimum atomic E-state index is -0.743. The number of benzene rings is 1. The molecule has 0 bridgehead atoms. The number of nitrogens with one attached hydrogen (secondary N) is 2. The standard InChI is InChI=1S/C21H22FN3O4/c1-3-29-20(26)17(18-6-4-5-12-23-18)11-13-24-19(21(27)28-2)14-25-16-9-7-15(22)8-10-16/h4-14,17,24-25H,3H2,1-2H3/b13-11-,19-14-. The number of halogens is 1. The van der Waals surface area contributed by atoms with Gasteiger partial charge in [0.25, 0.3) is 0 Å².